The second kappa shape index (κ2) is 6.44. The summed E-state index contributed by atoms with van der Waals surface area (Å²) in [4.78, 5) is 16.9. The van der Waals surface area contributed by atoms with Crippen LogP contribution in [0.25, 0.3) is 0 Å². The Morgan fingerprint density at radius 3 is 2.54 bits per heavy atom. The predicted octanol–water partition coefficient (Wildman–Crippen LogP) is 3.30. The van der Waals surface area contributed by atoms with Crippen molar-refractivity contribution in [2.75, 3.05) is 19.6 Å². The maximum absolute atomic E-state index is 12.4. The third-order valence-corrected chi connectivity index (χ3v) is 5.45. The number of rotatable bonds is 3. The van der Waals surface area contributed by atoms with E-state index in [4.69, 9.17) is 0 Å². The van der Waals surface area contributed by atoms with Crippen LogP contribution in [-0.4, -0.2) is 39.9 Å². The van der Waals surface area contributed by atoms with Crippen LogP contribution >= 0.6 is 0 Å². The lowest BCUT2D eigenvalue weighted by molar-refractivity contribution is 0.0793. The summed E-state index contributed by atoms with van der Waals surface area (Å²) >= 11 is 0. The molecule has 2 aliphatic rings. The summed E-state index contributed by atoms with van der Waals surface area (Å²) in [5, 5.41) is 0. The average molecular weight is 323 g/mol. The maximum atomic E-state index is 12.4. The number of hydrogen-bond acceptors (Lipinski definition) is 2. The predicted molar refractivity (Wildman–Crippen MR) is 94.8 cm³/mol. The second-order valence-electron chi connectivity index (χ2n) is 6.97. The van der Waals surface area contributed by atoms with E-state index in [2.05, 4.69) is 46.9 Å². The molecule has 1 aromatic heterocycles. The summed E-state index contributed by atoms with van der Waals surface area (Å²) in [5.41, 5.74) is 3.49. The van der Waals surface area contributed by atoms with Gasteiger partial charge in [0.25, 0.3) is 5.91 Å². The third-order valence-electron chi connectivity index (χ3n) is 5.45. The number of hydrogen-bond donors (Lipinski definition) is 0. The highest BCUT2D eigenvalue weighted by atomic mass is 16.2. The van der Waals surface area contributed by atoms with Gasteiger partial charge in [-0.2, -0.15) is 0 Å². The first-order chi connectivity index (χ1) is 11.7. The Balaban J connectivity index is 1.43. The van der Waals surface area contributed by atoms with Crippen molar-refractivity contribution < 1.29 is 4.79 Å². The molecule has 2 aliphatic heterocycles. The number of benzene rings is 1. The molecule has 1 fully saturated rings. The molecular weight excluding hydrogens is 298 g/mol. The summed E-state index contributed by atoms with van der Waals surface area (Å²) in [7, 11) is 0. The Hall–Kier alpha value is -2.07. The van der Waals surface area contributed by atoms with Crippen LogP contribution in [0.3, 0.4) is 0 Å². The first-order valence-corrected chi connectivity index (χ1v) is 9.00. The molecule has 0 spiro atoms. The molecule has 0 aliphatic carbocycles. The van der Waals surface area contributed by atoms with Crippen molar-refractivity contribution in [3.8, 4) is 0 Å². The van der Waals surface area contributed by atoms with Crippen molar-refractivity contribution in [3.05, 3.63) is 59.4 Å². The van der Waals surface area contributed by atoms with Gasteiger partial charge in [-0.3, -0.25) is 9.69 Å². The van der Waals surface area contributed by atoms with Gasteiger partial charge < -0.3 is 9.47 Å². The number of nitrogens with zero attached hydrogens (tertiary/aromatic N) is 3. The zero-order valence-corrected chi connectivity index (χ0v) is 14.3. The van der Waals surface area contributed by atoms with Gasteiger partial charge in [-0.25, -0.2) is 0 Å². The molecule has 4 heteroatoms. The van der Waals surface area contributed by atoms with E-state index in [9.17, 15) is 4.79 Å². The fourth-order valence-electron chi connectivity index (χ4n) is 3.93. The Morgan fingerprint density at radius 1 is 1.04 bits per heavy atom. The fourth-order valence-corrected chi connectivity index (χ4v) is 3.93. The Morgan fingerprint density at radius 2 is 1.79 bits per heavy atom. The Kier molecular flexibility index (Phi) is 4.15. The number of aromatic nitrogens is 1. The molecule has 3 heterocycles. The van der Waals surface area contributed by atoms with Crippen LogP contribution in [0.5, 0.6) is 0 Å². The van der Waals surface area contributed by atoms with E-state index >= 15 is 0 Å². The van der Waals surface area contributed by atoms with Crippen molar-refractivity contribution in [1.29, 1.82) is 0 Å². The summed E-state index contributed by atoms with van der Waals surface area (Å²) in [5.74, 6) is 0.184. The average Bonchev–Trinajstić information content (AvgIpc) is 3.29. The lowest BCUT2D eigenvalue weighted by Crippen LogP contribution is -2.35. The molecule has 24 heavy (non-hydrogen) atoms. The minimum absolute atomic E-state index is 0.184. The van der Waals surface area contributed by atoms with Crippen LogP contribution in [-0.2, 0) is 13.1 Å². The molecule has 2 aromatic rings. The Labute approximate surface area is 143 Å². The van der Waals surface area contributed by atoms with Gasteiger partial charge in [0.05, 0.1) is 0 Å². The zero-order chi connectivity index (χ0) is 16.5. The molecule has 1 atom stereocenters. The number of amides is 1. The van der Waals surface area contributed by atoms with E-state index in [1.54, 1.807) is 0 Å². The lowest BCUT2D eigenvalue weighted by Gasteiger charge is -2.35. The van der Waals surface area contributed by atoms with E-state index in [0.717, 1.165) is 51.1 Å². The van der Waals surface area contributed by atoms with Gasteiger partial charge in [-0.1, -0.05) is 12.1 Å². The molecule has 0 bridgehead atoms. The second-order valence-corrected chi connectivity index (χ2v) is 6.97. The third kappa shape index (κ3) is 2.86. The SMILES string of the molecule is C[C@@H]1c2cccn2CCN1Cc1ccc(C(=O)N2CCCC2)cc1. The highest BCUT2D eigenvalue weighted by molar-refractivity contribution is 5.94. The van der Waals surface area contributed by atoms with Crippen LogP contribution < -0.4 is 0 Å². The quantitative estimate of drug-likeness (QED) is 0.867. The molecule has 126 valence electrons. The lowest BCUT2D eigenvalue weighted by atomic mass is 10.1. The van der Waals surface area contributed by atoms with Crippen LogP contribution in [0.15, 0.2) is 42.6 Å². The highest BCUT2D eigenvalue weighted by Crippen LogP contribution is 2.27. The van der Waals surface area contributed by atoms with E-state index in [1.165, 1.54) is 11.3 Å². The van der Waals surface area contributed by atoms with Gasteiger partial charge in [0, 0.05) is 56.2 Å². The van der Waals surface area contributed by atoms with Crippen molar-refractivity contribution in [2.24, 2.45) is 0 Å². The number of fused-ring (bicyclic) bond motifs is 1. The normalized spacial score (nSPS) is 21.0. The first kappa shape index (κ1) is 15.5. The first-order valence-electron chi connectivity index (χ1n) is 9.00. The minimum Gasteiger partial charge on any atom is -0.349 e. The molecule has 1 aromatic carbocycles. The molecular formula is C20H25N3O. The van der Waals surface area contributed by atoms with Crippen molar-refractivity contribution in [2.45, 2.75) is 38.9 Å². The van der Waals surface area contributed by atoms with E-state index in [-0.39, 0.29) is 5.91 Å². The zero-order valence-electron chi connectivity index (χ0n) is 14.3. The monoisotopic (exact) mass is 323 g/mol. The van der Waals surface area contributed by atoms with Crippen molar-refractivity contribution in [3.63, 3.8) is 0 Å². The number of likely N-dealkylation sites (tertiary alicyclic amines) is 1. The highest BCUT2D eigenvalue weighted by Gasteiger charge is 2.23. The minimum atomic E-state index is 0.184. The van der Waals surface area contributed by atoms with Crippen LogP contribution in [0.4, 0.5) is 0 Å². The molecule has 1 amide bonds. The van der Waals surface area contributed by atoms with Gasteiger partial charge in [-0.05, 0) is 49.6 Å². The Bertz CT molecular complexity index is 713. The van der Waals surface area contributed by atoms with Gasteiger partial charge in [-0.15, -0.1) is 0 Å². The van der Waals surface area contributed by atoms with Crippen LogP contribution in [0, 0.1) is 0 Å². The number of carbonyl (C=O) groups is 1. The molecule has 1 saturated heterocycles. The molecule has 0 radical (unpaired) electrons. The summed E-state index contributed by atoms with van der Waals surface area (Å²) in [6.07, 6.45) is 4.44. The molecule has 0 unspecified atom stereocenters. The van der Waals surface area contributed by atoms with Crippen LogP contribution in [0.1, 0.15) is 47.4 Å². The standard InChI is InChI=1S/C20H25N3O/c1-16-19-5-4-12-21(19)13-14-23(16)15-17-6-8-18(9-7-17)20(24)22-10-2-3-11-22/h4-9,12,16H,2-3,10-11,13-15H2,1H3/t16-/m1/s1. The van der Waals surface area contributed by atoms with Crippen molar-refractivity contribution in [1.82, 2.24) is 14.4 Å². The van der Waals surface area contributed by atoms with Gasteiger partial charge >= 0.3 is 0 Å². The van der Waals surface area contributed by atoms with E-state index in [1.807, 2.05) is 17.0 Å². The summed E-state index contributed by atoms with van der Waals surface area (Å²) < 4.78 is 2.35. The van der Waals surface area contributed by atoms with Gasteiger partial charge in [0.2, 0.25) is 0 Å². The molecule has 4 rings (SSSR count). The number of carbonyl (C=O) groups excluding carboxylic acids is 1. The van der Waals surface area contributed by atoms with Crippen LogP contribution in [0.2, 0.25) is 0 Å². The van der Waals surface area contributed by atoms with Gasteiger partial charge in [0.15, 0.2) is 0 Å². The molecule has 0 N–H and O–H groups in total. The molecule has 4 nitrogen and oxygen atoms in total. The topological polar surface area (TPSA) is 28.5 Å². The molecule has 0 saturated carbocycles. The largest absolute Gasteiger partial charge is 0.349 e. The maximum Gasteiger partial charge on any atom is 0.253 e. The summed E-state index contributed by atoms with van der Waals surface area (Å²) in [6, 6.07) is 13.0. The van der Waals surface area contributed by atoms with Crippen molar-refractivity contribution >= 4 is 5.91 Å². The smallest absolute Gasteiger partial charge is 0.253 e. The summed E-state index contributed by atoms with van der Waals surface area (Å²) in [6.45, 7) is 7.15. The fraction of sp³-hybridized carbons (Fsp3) is 0.450. The van der Waals surface area contributed by atoms with E-state index in [0.29, 0.717) is 6.04 Å². The van der Waals surface area contributed by atoms with Gasteiger partial charge in [0.1, 0.15) is 0 Å². The van der Waals surface area contributed by atoms with E-state index < -0.39 is 0 Å².